The molecule has 118 valence electrons. The van der Waals surface area contributed by atoms with Gasteiger partial charge in [-0.25, -0.2) is 4.90 Å². The summed E-state index contributed by atoms with van der Waals surface area (Å²) in [6.45, 7) is 0. The second kappa shape index (κ2) is 6.43. The van der Waals surface area contributed by atoms with Gasteiger partial charge in [-0.1, -0.05) is 23.2 Å². The molecule has 0 aliphatic carbocycles. The van der Waals surface area contributed by atoms with E-state index in [1.54, 1.807) is 24.3 Å². The number of nitrogens with two attached hydrogens (primary N) is 1. The van der Waals surface area contributed by atoms with Crippen LogP contribution in [-0.4, -0.2) is 17.1 Å². The second-order valence-corrected chi connectivity index (χ2v) is 7.14. The maximum absolute atomic E-state index is 12.6. The fourth-order valence-electron chi connectivity index (χ4n) is 2.30. The lowest BCUT2D eigenvalue weighted by Gasteiger charge is -2.15. The van der Waals surface area contributed by atoms with E-state index >= 15 is 0 Å². The Bertz CT molecular complexity index is 780. The predicted octanol–water partition coefficient (Wildman–Crippen LogP) is 4.00. The number of rotatable bonds is 3. The Balaban J connectivity index is 1.82. The molecule has 2 aromatic carbocycles. The van der Waals surface area contributed by atoms with E-state index in [0.717, 1.165) is 9.80 Å². The Labute approximate surface area is 147 Å². The largest absolute Gasteiger partial charge is 0.399 e. The number of hydrogen-bond acceptors (Lipinski definition) is 4. The number of imide groups is 1. The van der Waals surface area contributed by atoms with E-state index in [4.69, 9.17) is 28.9 Å². The first-order valence-electron chi connectivity index (χ1n) is 6.80. The number of thioether (sulfide) groups is 1. The van der Waals surface area contributed by atoms with Gasteiger partial charge >= 0.3 is 0 Å². The molecular formula is C16H12Cl2N2O2S. The molecule has 3 rings (SSSR count). The van der Waals surface area contributed by atoms with Crippen LogP contribution in [0.3, 0.4) is 0 Å². The minimum Gasteiger partial charge on any atom is -0.399 e. The van der Waals surface area contributed by atoms with Gasteiger partial charge in [0.1, 0.15) is 0 Å². The van der Waals surface area contributed by atoms with Gasteiger partial charge in [0.25, 0.3) is 0 Å². The fourth-order valence-corrected chi connectivity index (χ4v) is 3.65. The molecule has 4 nitrogen and oxygen atoms in total. The SMILES string of the molecule is Nc1ccc(S[C@@H]2CC(=O)N(c3ccc(Cl)c(Cl)c3)C2=O)cc1. The van der Waals surface area contributed by atoms with Crippen molar-refractivity contribution >= 4 is 58.2 Å². The highest BCUT2D eigenvalue weighted by Gasteiger charge is 2.40. The molecular weight excluding hydrogens is 355 g/mol. The maximum atomic E-state index is 12.6. The number of nitrogen functional groups attached to an aromatic ring is 1. The normalized spacial score (nSPS) is 17.8. The number of carbonyl (C=O) groups is 2. The summed E-state index contributed by atoms with van der Waals surface area (Å²) in [4.78, 5) is 26.9. The minimum absolute atomic E-state index is 0.147. The van der Waals surface area contributed by atoms with Crippen LogP contribution in [0.2, 0.25) is 10.0 Å². The third-order valence-corrected chi connectivity index (χ3v) is 5.36. The van der Waals surface area contributed by atoms with Gasteiger partial charge in [0.15, 0.2) is 0 Å². The maximum Gasteiger partial charge on any atom is 0.247 e. The van der Waals surface area contributed by atoms with E-state index in [1.165, 1.54) is 17.8 Å². The molecule has 0 aromatic heterocycles. The first kappa shape index (κ1) is 16.2. The standard InChI is InChI=1S/C16H12Cl2N2O2S/c17-12-6-3-10(7-13(12)18)20-15(21)8-14(16(20)22)23-11-4-1-9(19)2-5-11/h1-7,14H,8,19H2/t14-/m1/s1. The molecule has 2 aromatic rings. The van der Waals surface area contributed by atoms with Gasteiger partial charge < -0.3 is 5.73 Å². The van der Waals surface area contributed by atoms with E-state index in [0.29, 0.717) is 21.4 Å². The quantitative estimate of drug-likeness (QED) is 0.658. The Morgan fingerprint density at radius 2 is 1.74 bits per heavy atom. The van der Waals surface area contributed by atoms with Crippen LogP contribution in [0, 0.1) is 0 Å². The zero-order chi connectivity index (χ0) is 16.6. The van der Waals surface area contributed by atoms with Gasteiger partial charge in [0.05, 0.1) is 21.0 Å². The van der Waals surface area contributed by atoms with Crippen molar-refractivity contribution in [3.05, 3.63) is 52.5 Å². The van der Waals surface area contributed by atoms with E-state index in [-0.39, 0.29) is 18.2 Å². The summed E-state index contributed by atoms with van der Waals surface area (Å²) in [7, 11) is 0. The molecule has 2 amide bonds. The highest BCUT2D eigenvalue weighted by molar-refractivity contribution is 8.00. The second-order valence-electron chi connectivity index (χ2n) is 5.05. The summed E-state index contributed by atoms with van der Waals surface area (Å²) in [5.41, 5.74) is 6.74. The Morgan fingerprint density at radius 1 is 1.04 bits per heavy atom. The Kier molecular flexibility index (Phi) is 4.53. The van der Waals surface area contributed by atoms with Crippen molar-refractivity contribution in [1.29, 1.82) is 0 Å². The average molecular weight is 367 g/mol. The number of hydrogen-bond donors (Lipinski definition) is 1. The summed E-state index contributed by atoms with van der Waals surface area (Å²) < 4.78 is 0. The van der Waals surface area contributed by atoms with Crippen molar-refractivity contribution in [2.24, 2.45) is 0 Å². The van der Waals surface area contributed by atoms with E-state index < -0.39 is 5.25 Å². The van der Waals surface area contributed by atoms with E-state index in [1.807, 2.05) is 12.1 Å². The van der Waals surface area contributed by atoms with Gasteiger partial charge in [-0.05, 0) is 42.5 Å². The Morgan fingerprint density at radius 3 is 2.39 bits per heavy atom. The highest BCUT2D eigenvalue weighted by Crippen LogP contribution is 2.36. The lowest BCUT2D eigenvalue weighted by atomic mass is 10.3. The zero-order valence-corrected chi connectivity index (χ0v) is 14.2. The molecule has 1 heterocycles. The molecule has 0 bridgehead atoms. The summed E-state index contributed by atoms with van der Waals surface area (Å²) >= 11 is 13.2. The van der Waals surface area contributed by atoms with Gasteiger partial charge in [0, 0.05) is 17.0 Å². The van der Waals surface area contributed by atoms with E-state index in [2.05, 4.69) is 0 Å². The predicted molar refractivity (Wildman–Crippen MR) is 94.1 cm³/mol. The summed E-state index contributed by atoms with van der Waals surface area (Å²) in [5.74, 6) is -0.503. The van der Waals surface area contributed by atoms with Gasteiger partial charge in [-0.2, -0.15) is 0 Å². The number of nitrogens with zero attached hydrogens (tertiary/aromatic N) is 1. The van der Waals surface area contributed by atoms with Crippen LogP contribution in [0.4, 0.5) is 11.4 Å². The molecule has 1 saturated heterocycles. The van der Waals surface area contributed by atoms with Crippen LogP contribution >= 0.6 is 35.0 Å². The molecule has 7 heteroatoms. The first-order chi connectivity index (χ1) is 11.0. The van der Waals surface area contributed by atoms with Crippen LogP contribution < -0.4 is 10.6 Å². The fraction of sp³-hybridized carbons (Fsp3) is 0.125. The van der Waals surface area contributed by atoms with Gasteiger partial charge in [-0.15, -0.1) is 11.8 Å². The third kappa shape index (κ3) is 3.32. The van der Waals surface area contributed by atoms with Gasteiger partial charge in [-0.3, -0.25) is 9.59 Å². The highest BCUT2D eigenvalue weighted by atomic mass is 35.5. The molecule has 0 saturated carbocycles. The van der Waals surface area contributed by atoms with Crippen LogP contribution in [-0.2, 0) is 9.59 Å². The number of amides is 2. The lowest BCUT2D eigenvalue weighted by molar-refractivity contribution is -0.121. The third-order valence-electron chi connectivity index (χ3n) is 3.43. The monoisotopic (exact) mass is 366 g/mol. The summed E-state index contributed by atoms with van der Waals surface area (Å²) in [5, 5.41) is 0.224. The van der Waals surface area contributed by atoms with Crippen molar-refractivity contribution in [3.63, 3.8) is 0 Å². The Hall–Kier alpha value is -1.69. The number of benzene rings is 2. The van der Waals surface area contributed by atoms with E-state index in [9.17, 15) is 9.59 Å². The topological polar surface area (TPSA) is 63.4 Å². The average Bonchev–Trinajstić information content (AvgIpc) is 2.79. The van der Waals surface area contributed by atoms with Crippen molar-refractivity contribution in [3.8, 4) is 0 Å². The first-order valence-corrected chi connectivity index (χ1v) is 8.43. The molecule has 0 spiro atoms. The van der Waals surface area contributed by atoms with Crippen molar-refractivity contribution in [2.45, 2.75) is 16.6 Å². The van der Waals surface area contributed by atoms with Crippen LogP contribution in [0.5, 0.6) is 0 Å². The molecule has 0 unspecified atom stereocenters. The van der Waals surface area contributed by atoms with Crippen molar-refractivity contribution in [1.82, 2.24) is 0 Å². The zero-order valence-electron chi connectivity index (χ0n) is 11.8. The summed E-state index contributed by atoms with van der Waals surface area (Å²) in [6, 6.07) is 11.9. The molecule has 1 aliphatic rings. The molecule has 1 fully saturated rings. The van der Waals surface area contributed by atoms with Crippen LogP contribution in [0.15, 0.2) is 47.4 Å². The van der Waals surface area contributed by atoms with Crippen LogP contribution in [0.25, 0.3) is 0 Å². The molecule has 0 radical (unpaired) electrons. The molecule has 1 atom stereocenters. The smallest absolute Gasteiger partial charge is 0.247 e. The number of carbonyl (C=O) groups excluding carboxylic acids is 2. The van der Waals surface area contributed by atoms with Crippen molar-refractivity contribution in [2.75, 3.05) is 10.6 Å². The summed E-state index contributed by atoms with van der Waals surface area (Å²) in [6.07, 6.45) is 0.147. The number of halogens is 2. The van der Waals surface area contributed by atoms with Crippen LogP contribution in [0.1, 0.15) is 6.42 Å². The number of anilines is 2. The molecule has 1 aliphatic heterocycles. The van der Waals surface area contributed by atoms with Gasteiger partial charge in [0.2, 0.25) is 11.8 Å². The van der Waals surface area contributed by atoms with Crippen molar-refractivity contribution < 1.29 is 9.59 Å². The molecule has 2 N–H and O–H groups in total. The minimum atomic E-state index is -0.458. The molecule has 23 heavy (non-hydrogen) atoms. The lowest BCUT2D eigenvalue weighted by Crippen LogP contribution is -2.31.